The molecular weight excluding hydrogens is 234 g/mol. The van der Waals surface area contributed by atoms with Crippen LogP contribution in [0.2, 0.25) is 0 Å². The highest BCUT2D eigenvalue weighted by Crippen LogP contribution is 2.28. The first-order chi connectivity index (χ1) is 7.04. The maximum Gasteiger partial charge on any atom is 0.293 e. The summed E-state index contributed by atoms with van der Waals surface area (Å²) in [6, 6.07) is 4.83. The quantitative estimate of drug-likeness (QED) is 0.365. The third kappa shape index (κ3) is 3.07. The molecule has 0 aliphatic carbocycles. The van der Waals surface area contributed by atoms with E-state index in [1.807, 2.05) is 6.26 Å². The average Bonchev–Trinajstić information content (AvgIpc) is 2.17. The first kappa shape index (κ1) is 11.7. The van der Waals surface area contributed by atoms with Crippen LogP contribution in [-0.2, 0) is 0 Å². The van der Waals surface area contributed by atoms with E-state index in [1.165, 1.54) is 17.8 Å². The summed E-state index contributed by atoms with van der Waals surface area (Å²) in [6.45, 7) is 0. The number of anilines is 1. The first-order valence-corrected chi connectivity index (χ1v) is 5.56. The van der Waals surface area contributed by atoms with Gasteiger partial charge in [0.2, 0.25) is 0 Å². The monoisotopic (exact) mass is 243 g/mol. The molecule has 0 bridgehead atoms. The molecule has 1 aromatic rings. The molecular formula is C8H9N3O2S2. The molecule has 0 atom stereocenters. The summed E-state index contributed by atoms with van der Waals surface area (Å²) in [5.74, 6) is 0. The Hall–Kier alpha value is -1.34. The molecule has 0 aliphatic heterocycles. The van der Waals surface area contributed by atoms with Crippen molar-refractivity contribution in [1.29, 1.82) is 0 Å². The number of thiocarbonyl (C=S) groups is 1. The molecule has 80 valence electrons. The molecule has 3 N–H and O–H groups in total. The van der Waals surface area contributed by atoms with Crippen molar-refractivity contribution in [2.24, 2.45) is 5.73 Å². The van der Waals surface area contributed by atoms with Crippen LogP contribution in [0.25, 0.3) is 0 Å². The van der Waals surface area contributed by atoms with Crippen molar-refractivity contribution in [3.63, 3.8) is 0 Å². The second-order valence-electron chi connectivity index (χ2n) is 2.63. The van der Waals surface area contributed by atoms with Gasteiger partial charge in [0.1, 0.15) is 5.69 Å². The molecule has 0 amide bonds. The van der Waals surface area contributed by atoms with Crippen LogP contribution in [0, 0.1) is 10.1 Å². The van der Waals surface area contributed by atoms with Crippen molar-refractivity contribution in [3.05, 3.63) is 28.3 Å². The van der Waals surface area contributed by atoms with Crippen molar-refractivity contribution in [3.8, 4) is 0 Å². The second-order valence-corrected chi connectivity index (χ2v) is 3.95. The van der Waals surface area contributed by atoms with Crippen LogP contribution in [0.4, 0.5) is 11.4 Å². The van der Waals surface area contributed by atoms with Gasteiger partial charge in [0.05, 0.1) is 4.92 Å². The van der Waals surface area contributed by atoms with Crippen LogP contribution >= 0.6 is 24.0 Å². The van der Waals surface area contributed by atoms with Crippen LogP contribution in [0.5, 0.6) is 0 Å². The predicted octanol–water partition coefficient (Wildman–Crippen LogP) is 1.97. The highest BCUT2D eigenvalue weighted by Gasteiger charge is 2.14. The number of nitro benzene ring substituents is 1. The molecule has 0 aromatic heterocycles. The summed E-state index contributed by atoms with van der Waals surface area (Å²) in [5.41, 5.74) is 5.53. The second kappa shape index (κ2) is 4.94. The van der Waals surface area contributed by atoms with Crippen LogP contribution < -0.4 is 11.1 Å². The highest BCUT2D eigenvalue weighted by molar-refractivity contribution is 7.98. The molecule has 15 heavy (non-hydrogen) atoms. The average molecular weight is 243 g/mol. The Bertz CT molecular complexity index is 409. The third-order valence-corrected chi connectivity index (χ3v) is 2.49. The predicted molar refractivity (Wildman–Crippen MR) is 65.3 cm³/mol. The number of nitrogens with one attached hydrogen (secondary N) is 1. The number of nitrogens with two attached hydrogens (primary N) is 1. The number of thioether (sulfide) groups is 1. The van der Waals surface area contributed by atoms with Crippen LogP contribution in [-0.4, -0.2) is 16.3 Å². The van der Waals surface area contributed by atoms with E-state index in [4.69, 9.17) is 5.73 Å². The molecule has 0 fully saturated rings. The van der Waals surface area contributed by atoms with Crippen molar-refractivity contribution in [1.82, 2.24) is 0 Å². The van der Waals surface area contributed by atoms with Gasteiger partial charge in [0.15, 0.2) is 5.11 Å². The summed E-state index contributed by atoms with van der Waals surface area (Å²) in [5, 5.41) is 13.3. The van der Waals surface area contributed by atoms with E-state index in [-0.39, 0.29) is 10.8 Å². The molecule has 0 heterocycles. The van der Waals surface area contributed by atoms with E-state index < -0.39 is 4.92 Å². The first-order valence-electron chi connectivity index (χ1n) is 3.93. The number of rotatable bonds is 3. The summed E-state index contributed by atoms with van der Waals surface area (Å²) in [4.78, 5) is 11.1. The zero-order chi connectivity index (χ0) is 11.4. The minimum Gasteiger partial charge on any atom is -0.376 e. The van der Waals surface area contributed by atoms with Crippen LogP contribution in [0.3, 0.4) is 0 Å². The van der Waals surface area contributed by atoms with Gasteiger partial charge in [-0.3, -0.25) is 10.1 Å². The number of nitrogens with zero attached hydrogens (tertiary/aromatic N) is 1. The van der Waals surface area contributed by atoms with E-state index in [9.17, 15) is 10.1 Å². The highest BCUT2D eigenvalue weighted by atomic mass is 32.2. The molecule has 1 rings (SSSR count). The summed E-state index contributed by atoms with van der Waals surface area (Å²) < 4.78 is 0. The van der Waals surface area contributed by atoms with Gasteiger partial charge in [0, 0.05) is 11.0 Å². The smallest absolute Gasteiger partial charge is 0.293 e. The summed E-state index contributed by atoms with van der Waals surface area (Å²) >= 11 is 6.06. The Morgan fingerprint density at radius 3 is 2.80 bits per heavy atom. The molecule has 0 aliphatic rings. The number of hydrogen-bond acceptors (Lipinski definition) is 4. The lowest BCUT2D eigenvalue weighted by atomic mass is 10.2. The van der Waals surface area contributed by atoms with E-state index in [0.717, 1.165) is 4.90 Å². The zero-order valence-electron chi connectivity index (χ0n) is 7.89. The largest absolute Gasteiger partial charge is 0.376 e. The van der Waals surface area contributed by atoms with Gasteiger partial charge in [0.25, 0.3) is 5.69 Å². The van der Waals surface area contributed by atoms with E-state index in [0.29, 0.717) is 5.69 Å². The Labute approximate surface area is 96.2 Å². The molecule has 1 aromatic carbocycles. The number of nitro groups is 1. The Morgan fingerprint density at radius 2 is 2.33 bits per heavy atom. The molecule has 0 spiro atoms. The SMILES string of the molecule is CSc1ccc(NC(N)=S)c([N+](=O)[O-])c1. The summed E-state index contributed by atoms with van der Waals surface area (Å²) in [7, 11) is 0. The van der Waals surface area contributed by atoms with E-state index >= 15 is 0 Å². The number of hydrogen-bond donors (Lipinski definition) is 2. The molecule has 0 unspecified atom stereocenters. The topological polar surface area (TPSA) is 81.2 Å². The Kier molecular flexibility index (Phi) is 3.87. The molecule has 0 saturated heterocycles. The minimum atomic E-state index is -0.472. The zero-order valence-corrected chi connectivity index (χ0v) is 9.52. The lowest BCUT2D eigenvalue weighted by Crippen LogP contribution is -2.19. The lowest BCUT2D eigenvalue weighted by Gasteiger charge is -2.05. The Balaban J connectivity index is 3.15. The van der Waals surface area contributed by atoms with Crippen molar-refractivity contribution in [2.75, 3.05) is 11.6 Å². The van der Waals surface area contributed by atoms with Crippen molar-refractivity contribution >= 4 is 40.5 Å². The maximum absolute atomic E-state index is 10.7. The Morgan fingerprint density at radius 1 is 1.67 bits per heavy atom. The number of benzene rings is 1. The van der Waals surface area contributed by atoms with Gasteiger partial charge in [-0.2, -0.15) is 0 Å². The molecule has 7 heteroatoms. The van der Waals surface area contributed by atoms with Gasteiger partial charge in [-0.1, -0.05) is 0 Å². The fourth-order valence-corrected chi connectivity index (χ4v) is 1.57. The lowest BCUT2D eigenvalue weighted by molar-refractivity contribution is -0.384. The van der Waals surface area contributed by atoms with Gasteiger partial charge in [-0.15, -0.1) is 11.8 Å². The summed E-state index contributed by atoms with van der Waals surface area (Å²) in [6.07, 6.45) is 1.85. The van der Waals surface area contributed by atoms with Gasteiger partial charge >= 0.3 is 0 Å². The van der Waals surface area contributed by atoms with Crippen molar-refractivity contribution in [2.45, 2.75) is 4.90 Å². The molecule has 5 nitrogen and oxygen atoms in total. The fourth-order valence-electron chi connectivity index (χ4n) is 1.03. The molecule has 0 radical (unpaired) electrons. The van der Waals surface area contributed by atoms with Gasteiger partial charge in [-0.25, -0.2) is 0 Å². The standard InChI is InChI=1S/C8H9N3O2S2/c1-15-5-2-3-6(10-8(9)14)7(4-5)11(12)13/h2-4H,1H3,(H3,9,10,14). The van der Waals surface area contributed by atoms with Gasteiger partial charge < -0.3 is 11.1 Å². The van der Waals surface area contributed by atoms with Crippen LogP contribution in [0.15, 0.2) is 23.1 Å². The van der Waals surface area contributed by atoms with Crippen molar-refractivity contribution < 1.29 is 4.92 Å². The van der Waals surface area contributed by atoms with Gasteiger partial charge in [-0.05, 0) is 30.6 Å². The molecule has 0 saturated carbocycles. The fraction of sp³-hybridized carbons (Fsp3) is 0.125. The minimum absolute atomic E-state index is 0.00926. The third-order valence-electron chi connectivity index (χ3n) is 1.66. The normalized spacial score (nSPS) is 9.67. The van der Waals surface area contributed by atoms with E-state index in [2.05, 4.69) is 17.5 Å². The maximum atomic E-state index is 10.7. The van der Waals surface area contributed by atoms with Crippen LogP contribution in [0.1, 0.15) is 0 Å². The van der Waals surface area contributed by atoms with E-state index in [1.54, 1.807) is 12.1 Å².